The molecule has 1 heterocycles. The largest absolute Gasteiger partial charge is 0.468 e. The number of methoxy groups -OCH3 is 1. The molecule has 0 radical (unpaired) electrons. The number of hydrogen-bond donors (Lipinski definition) is 0. The maximum absolute atomic E-state index is 12.6. The molecule has 0 saturated carbocycles. The van der Waals surface area contributed by atoms with E-state index in [1.807, 2.05) is 24.3 Å². The lowest BCUT2D eigenvalue weighted by Crippen LogP contribution is -2.22. The molecule has 5 nitrogen and oxygen atoms in total. The maximum atomic E-state index is 12.6. The molecule has 8 heteroatoms. The predicted octanol–water partition coefficient (Wildman–Crippen LogP) is 4.14. The van der Waals surface area contributed by atoms with E-state index < -0.39 is 5.97 Å². The minimum Gasteiger partial charge on any atom is -0.468 e. The van der Waals surface area contributed by atoms with E-state index in [1.54, 1.807) is 22.8 Å². The Labute approximate surface area is 164 Å². The zero-order chi connectivity index (χ0) is 18.0. The van der Waals surface area contributed by atoms with Gasteiger partial charge in [0, 0.05) is 8.95 Å². The second-order valence-electron chi connectivity index (χ2n) is 5.06. The number of nitrogens with zero attached hydrogens (tertiary/aromatic N) is 2. The van der Waals surface area contributed by atoms with Crippen LogP contribution in [0.4, 0.5) is 0 Å². The van der Waals surface area contributed by atoms with E-state index in [9.17, 15) is 9.59 Å². The van der Waals surface area contributed by atoms with Crippen molar-refractivity contribution >= 4 is 65.3 Å². The topological polar surface area (TPSA) is 60.7 Å². The lowest BCUT2D eigenvalue weighted by molar-refractivity contribution is -0.141. The number of benzene rings is 2. The Balaban J connectivity index is 2.17. The molecule has 0 atom stereocenters. The molecule has 0 unspecified atom stereocenters. The summed E-state index contributed by atoms with van der Waals surface area (Å²) in [6.07, 6.45) is 0. The molecule has 1 aromatic heterocycles. The van der Waals surface area contributed by atoms with Gasteiger partial charge in [0.25, 0.3) is 5.91 Å². The fourth-order valence-electron chi connectivity index (χ4n) is 2.26. The van der Waals surface area contributed by atoms with Gasteiger partial charge in [-0.05, 0) is 46.3 Å². The van der Waals surface area contributed by atoms with Gasteiger partial charge in [-0.3, -0.25) is 9.59 Å². The van der Waals surface area contributed by atoms with Crippen LogP contribution >= 0.6 is 43.2 Å². The highest BCUT2D eigenvalue weighted by molar-refractivity contribution is 9.10. The summed E-state index contributed by atoms with van der Waals surface area (Å²) >= 11 is 8.13. The van der Waals surface area contributed by atoms with Crippen molar-refractivity contribution in [2.75, 3.05) is 7.11 Å². The molecule has 0 saturated heterocycles. The van der Waals surface area contributed by atoms with Gasteiger partial charge in [0.2, 0.25) is 0 Å². The summed E-state index contributed by atoms with van der Waals surface area (Å²) < 4.78 is 8.95. The summed E-state index contributed by atoms with van der Waals surface area (Å²) in [7, 11) is 1.33. The Morgan fingerprint density at radius 1 is 1.20 bits per heavy atom. The summed E-state index contributed by atoms with van der Waals surface area (Å²) in [6.45, 7) is -0.0137. The van der Waals surface area contributed by atoms with Crippen LogP contribution in [0.5, 0.6) is 0 Å². The third-order valence-electron chi connectivity index (χ3n) is 3.46. The summed E-state index contributed by atoms with van der Waals surface area (Å²) in [5.41, 5.74) is 1.28. The van der Waals surface area contributed by atoms with Crippen LogP contribution in [0.15, 0.2) is 56.4 Å². The van der Waals surface area contributed by atoms with Gasteiger partial charge in [-0.25, -0.2) is 0 Å². The third-order valence-corrected chi connectivity index (χ3v) is 5.69. The van der Waals surface area contributed by atoms with Crippen LogP contribution in [0.1, 0.15) is 10.4 Å². The van der Waals surface area contributed by atoms with E-state index >= 15 is 0 Å². The molecular weight excluding hydrogens is 472 g/mol. The molecule has 2 aromatic carbocycles. The fourth-order valence-corrected chi connectivity index (χ4v) is 4.29. The lowest BCUT2D eigenvalue weighted by Gasteiger charge is -2.04. The van der Waals surface area contributed by atoms with Crippen LogP contribution in [0.2, 0.25) is 0 Å². The average molecular weight is 484 g/mol. The standard InChI is InChI=1S/C17H12Br2N2O3S/c1-24-15(22)9-21-13-7-6-10(18)8-14(13)25-17(21)20-16(23)11-4-2-3-5-12(11)19/h2-8H,9H2,1H3. The summed E-state index contributed by atoms with van der Waals surface area (Å²) in [5.74, 6) is -0.783. The molecule has 0 aliphatic carbocycles. The van der Waals surface area contributed by atoms with Crippen LogP contribution in [-0.4, -0.2) is 23.6 Å². The quantitative estimate of drug-likeness (QED) is 0.526. The molecular formula is C17H12Br2N2O3S. The van der Waals surface area contributed by atoms with E-state index in [1.165, 1.54) is 18.4 Å². The lowest BCUT2D eigenvalue weighted by atomic mass is 10.2. The highest BCUT2D eigenvalue weighted by Gasteiger charge is 2.13. The normalized spacial score (nSPS) is 11.7. The Hall–Kier alpha value is -1.77. The number of thiazole rings is 1. The van der Waals surface area contributed by atoms with Crippen LogP contribution in [0.25, 0.3) is 10.2 Å². The van der Waals surface area contributed by atoms with Crippen molar-refractivity contribution < 1.29 is 14.3 Å². The predicted molar refractivity (Wildman–Crippen MR) is 104 cm³/mol. The van der Waals surface area contributed by atoms with Gasteiger partial charge < -0.3 is 9.30 Å². The van der Waals surface area contributed by atoms with Crippen molar-refractivity contribution in [2.45, 2.75) is 6.54 Å². The molecule has 3 rings (SSSR count). The number of carbonyl (C=O) groups is 2. The number of esters is 1. The first-order chi connectivity index (χ1) is 12.0. The Kier molecular flexibility index (Phi) is 5.51. The van der Waals surface area contributed by atoms with Crippen LogP contribution in [0, 0.1) is 0 Å². The maximum Gasteiger partial charge on any atom is 0.325 e. The van der Waals surface area contributed by atoms with Gasteiger partial charge in [-0.2, -0.15) is 4.99 Å². The van der Waals surface area contributed by atoms with Crippen LogP contribution in [0.3, 0.4) is 0 Å². The van der Waals surface area contributed by atoms with Crippen molar-refractivity contribution in [3.63, 3.8) is 0 Å². The van der Waals surface area contributed by atoms with Crippen molar-refractivity contribution in [1.82, 2.24) is 4.57 Å². The Bertz CT molecular complexity index is 1040. The number of fused-ring (bicyclic) bond motifs is 1. The van der Waals surface area contributed by atoms with Gasteiger partial charge >= 0.3 is 5.97 Å². The molecule has 0 aliphatic rings. The molecule has 0 aliphatic heterocycles. The van der Waals surface area contributed by atoms with Crippen molar-refractivity contribution in [3.05, 3.63) is 61.8 Å². The van der Waals surface area contributed by atoms with Crippen molar-refractivity contribution in [3.8, 4) is 0 Å². The molecule has 1 amide bonds. The van der Waals surface area contributed by atoms with E-state index in [0.717, 1.165) is 14.7 Å². The van der Waals surface area contributed by atoms with E-state index in [-0.39, 0.29) is 12.5 Å². The second-order valence-corrected chi connectivity index (χ2v) is 7.83. The summed E-state index contributed by atoms with van der Waals surface area (Å²) in [5, 5.41) is 0. The highest BCUT2D eigenvalue weighted by atomic mass is 79.9. The monoisotopic (exact) mass is 482 g/mol. The average Bonchev–Trinajstić information content (AvgIpc) is 2.91. The molecule has 128 valence electrons. The summed E-state index contributed by atoms with van der Waals surface area (Å²) in [4.78, 5) is 29.0. The number of ether oxygens (including phenoxy) is 1. The minimum absolute atomic E-state index is 0.0137. The van der Waals surface area contributed by atoms with Crippen molar-refractivity contribution in [1.29, 1.82) is 0 Å². The van der Waals surface area contributed by atoms with Crippen molar-refractivity contribution in [2.24, 2.45) is 4.99 Å². The first-order valence-electron chi connectivity index (χ1n) is 7.19. The minimum atomic E-state index is -0.405. The molecule has 0 spiro atoms. The van der Waals surface area contributed by atoms with E-state index in [0.29, 0.717) is 14.8 Å². The third kappa shape index (κ3) is 3.91. The number of halogens is 2. The van der Waals surface area contributed by atoms with Crippen LogP contribution < -0.4 is 4.80 Å². The van der Waals surface area contributed by atoms with Gasteiger partial charge in [0.15, 0.2) is 4.80 Å². The van der Waals surface area contributed by atoms with Gasteiger partial charge in [-0.1, -0.05) is 39.4 Å². The molecule has 25 heavy (non-hydrogen) atoms. The molecule has 0 N–H and O–H groups in total. The molecule has 0 bridgehead atoms. The Morgan fingerprint density at radius 2 is 1.96 bits per heavy atom. The van der Waals surface area contributed by atoms with Gasteiger partial charge in [0.1, 0.15) is 6.54 Å². The van der Waals surface area contributed by atoms with Gasteiger partial charge in [0.05, 0.1) is 22.9 Å². The Morgan fingerprint density at radius 3 is 2.68 bits per heavy atom. The number of aromatic nitrogens is 1. The first kappa shape index (κ1) is 18.0. The fraction of sp³-hybridized carbons (Fsp3) is 0.118. The number of rotatable bonds is 3. The number of amides is 1. The van der Waals surface area contributed by atoms with E-state index in [4.69, 9.17) is 4.74 Å². The highest BCUT2D eigenvalue weighted by Crippen LogP contribution is 2.23. The SMILES string of the molecule is COC(=O)Cn1c(=NC(=O)c2ccccc2Br)sc2cc(Br)ccc21. The summed E-state index contributed by atoms with van der Waals surface area (Å²) in [6, 6.07) is 12.8. The molecule has 3 aromatic rings. The zero-order valence-electron chi connectivity index (χ0n) is 13.0. The number of carbonyl (C=O) groups excluding carboxylic acids is 2. The molecule has 0 fully saturated rings. The smallest absolute Gasteiger partial charge is 0.325 e. The van der Waals surface area contributed by atoms with E-state index in [2.05, 4.69) is 36.9 Å². The number of hydrogen-bond acceptors (Lipinski definition) is 4. The zero-order valence-corrected chi connectivity index (χ0v) is 17.0. The first-order valence-corrected chi connectivity index (χ1v) is 9.59. The van der Waals surface area contributed by atoms with Crippen LogP contribution in [-0.2, 0) is 16.1 Å². The van der Waals surface area contributed by atoms with Gasteiger partial charge in [-0.15, -0.1) is 0 Å². The second kappa shape index (κ2) is 7.63.